The average molecular weight is 607 g/mol. The number of morpholine rings is 1. The minimum Gasteiger partial charge on any atom is -0.464 e. The van der Waals surface area contributed by atoms with Crippen molar-refractivity contribution in [2.75, 3.05) is 53.0 Å². The van der Waals surface area contributed by atoms with E-state index in [-0.39, 0.29) is 35.5 Å². The molecule has 0 radical (unpaired) electrons. The van der Waals surface area contributed by atoms with Crippen molar-refractivity contribution >= 4 is 11.8 Å². The van der Waals surface area contributed by atoms with Crippen molar-refractivity contribution in [1.29, 1.82) is 0 Å². The number of methoxy groups -OCH3 is 1. The Morgan fingerprint density at radius 3 is 2.40 bits per heavy atom. The summed E-state index contributed by atoms with van der Waals surface area (Å²) in [4.78, 5) is 28.5. The second-order valence-electron chi connectivity index (χ2n) is 12.4. The number of nitrogens with two attached hydrogens (primary N) is 1. The van der Waals surface area contributed by atoms with Gasteiger partial charge in [-0.1, -0.05) is 53.2 Å². The number of aliphatic hydroxyl groups is 1. The number of hydrogen-bond donors (Lipinski definition) is 4. The molecule has 1 heterocycles. The molecule has 1 aliphatic heterocycles. The topological polar surface area (TPSA) is 135 Å². The Kier molecular flexibility index (Phi) is 17.1. The lowest BCUT2D eigenvalue weighted by atomic mass is 9.83. The first-order valence-corrected chi connectivity index (χ1v) is 16.1. The van der Waals surface area contributed by atoms with Crippen LogP contribution in [0.2, 0.25) is 0 Å². The fourth-order valence-electron chi connectivity index (χ4n) is 5.36. The number of nitrogens with one attached hydrogen (secondary N) is 2. The van der Waals surface area contributed by atoms with Crippen molar-refractivity contribution in [2.24, 2.45) is 29.4 Å². The molecule has 5 atom stereocenters. The maximum atomic E-state index is 13.2. The van der Waals surface area contributed by atoms with Gasteiger partial charge in [0.2, 0.25) is 5.91 Å². The van der Waals surface area contributed by atoms with Crippen molar-refractivity contribution < 1.29 is 28.9 Å². The molecule has 0 aromatic heterocycles. The minimum absolute atomic E-state index is 0.0357. The zero-order valence-corrected chi connectivity index (χ0v) is 27.3. The Morgan fingerprint density at radius 2 is 1.77 bits per heavy atom. The molecular weight excluding hydrogens is 548 g/mol. The fourth-order valence-corrected chi connectivity index (χ4v) is 5.36. The summed E-state index contributed by atoms with van der Waals surface area (Å²) in [6.07, 6.45) is 2.06. The van der Waals surface area contributed by atoms with Gasteiger partial charge in [0, 0.05) is 51.7 Å². The van der Waals surface area contributed by atoms with Crippen LogP contribution in [0.1, 0.15) is 77.1 Å². The van der Waals surface area contributed by atoms with Crippen LogP contribution in [0.25, 0.3) is 0 Å². The summed E-state index contributed by atoms with van der Waals surface area (Å²) < 4.78 is 16.8. The highest BCUT2D eigenvalue weighted by Crippen LogP contribution is 2.24. The molecule has 0 saturated carbocycles. The number of benzene rings is 1. The summed E-state index contributed by atoms with van der Waals surface area (Å²) in [6.45, 7) is 15.6. The smallest absolute Gasteiger partial charge is 0.255 e. The maximum Gasteiger partial charge on any atom is 0.255 e. The van der Waals surface area contributed by atoms with Crippen molar-refractivity contribution in [2.45, 2.75) is 85.2 Å². The highest BCUT2D eigenvalue weighted by atomic mass is 16.7. The van der Waals surface area contributed by atoms with Gasteiger partial charge in [0.05, 0.1) is 24.9 Å². The van der Waals surface area contributed by atoms with Gasteiger partial charge in [-0.05, 0) is 55.7 Å². The van der Waals surface area contributed by atoms with Gasteiger partial charge in [0.1, 0.15) is 5.75 Å². The predicted molar refractivity (Wildman–Crippen MR) is 170 cm³/mol. The van der Waals surface area contributed by atoms with Crippen molar-refractivity contribution in [3.8, 4) is 5.75 Å². The van der Waals surface area contributed by atoms with E-state index in [1.54, 1.807) is 25.3 Å². The third-order valence-electron chi connectivity index (χ3n) is 8.41. The molecule has 10 nitrogen and oxygen atoms in total. The first-order valence-electron chi connectivity index (χ1n) is 16.1. The number of ether oxygens (including phenoxy) is 3. The molecule has 1 unspecified atom stereocenters. The summed E-state index contributed by atoms with van der Waals surface area (Å²) in [5.74, 6) is 0.217. The van der Waals surface area contributed by atoms with Crippen LogP contribution in [0.15, 0.2) is 24.3 Å². The van der Waals surface area contributed by atoms with Gasteiger partial charge in [0.25, 0.3) is 5.91 Å². The van der Waals surface area contributed by atoms with E-state index in [1.807, 2.05) is 26.8 Å². The third kappa shape index (κ3) is 13.1. The molecule has 43 heavy (non-hydrogen) atoms. The van der Waals surface area contributed by atoms with Crippen LogP contribution in [-0.2, 0) is 14.3 Å². The zero-order chi connectivity index (χ0) is 31.8. The lowest BCUT2D eigenvalue weighted by Crippen LogP contribution is -2.44. The monoisotopic (exact) mass is 606 g/mol. The van der Waals surface area contributed by atoms with Crippen LogP contribution >= 0.6 is 0 Å². The SMILES string of the molecule is CCCC(OC)Oc1ccccc1C(=O)NC[C@@H](C[C@H](N)[C@@H](O)C[C@H](C(=O)NCCCN1CCOCC1)C(C)C)C(C)C. The molecular formula is C33H58N4O6. The summed E-state index contributed by atoms with van der Waals surface area (Å²) in [7, 11) is 1.59. The number of rotatable bonds is 20. The molecule has 5 N–H and O–H groups in total. The summed E-state index contributed by atoms with van der Waals surface area (Å²) in [5, 5.41) is 17.2. The molecule has 0 bridgehead atoms. The second kappa shape index (κ2) is 19.9. The Bertz CT molecular complexity index is 940. The summed E-state index contributed by atoms with van der Waals surface area (Å²) in [5.41, 5.74) is 6.95. The quantitative estimate of drug-likeness (QED) is 0.131. The summed E-state index contributed by atoms with van der Waals surface area (Å²) in [6, 6.07) is 6.63. The van der Waals surface area contributed by atoms with Crippen molar-refractivity contribution in [3.63, 3.8) is 0 Å². The maximum absolute atomic E-state index is 13.2. The molecule has 2 rings (SSSR count). The van der Waals surface area contributed by atoms with Crippen LogP contribution < -0.4 is 21.1 Å². The molecule has 10 heteroatoms. The van der Waals surface area contributed by atoms with Crippen LogP contribution in [0, 0.1) is 23.7 Å². The van der Waals surface area contributed by atoms with Gasteiger partial charge >= 0.3 is 0 Å². The normalized spacial score (nSPS) is 17.7. The van der Waals surface area contributed by atoms with Crippen LogP contribution in [0.5, 0.6) is 5.75 Å². The van der Waals surface area contributed by atoms with Gasteiger partial charge in [-0.3, -0.25) is 14.5 Å². The summed E-state index contributed by atoms with van der Waals surface area (Å²) >= 11 is 0. The number of carbonyl (C=O) groups excluding carboxylic acids is 2. The minimum atomic E-state index is -0.831. The number of nitrogens with zero attached hydrogens (tertiary/aromatic N) is 1. The Balaban J connectivity index is 1.89. The van der Waals surface area contributed by atoms with E-state index >= 15 is 0 Å². The Morgan fingerprint density at radius 1 is 1.07 bits per heavy atom. The second-order valence-corrected chi connectivity index (χ2v) is 12.4. The van der Waals surface area contributed by atoms with Gasteiger partial charge in [0.15, 0.2) is 6.29 Å². The molecule has 0 spiro atoms. The molecule has 1 saturated heterocycles. The average Bonchev–Trinajstić information content (AvgIpc) is 2.99. The van der Waals surface area contributed by atoms with Gasteiger partial charge in [-0.15, -0.1) is 0 Å². The number of aliphatic hydroxyl groups excluding tert-OH is 1. The fraction of sp³-hybridized carbons (Fsp3) is 0.758. The Hall–Kier alpha value is -2.24. The highest BCUT2D eigenvalue weighted by molar-refractivity contribution is 5.96. The van der Waals surface area contributed by atoms with Gasteiger partial charge in [-0.25, -0.2) is 0 Å². The third-order valence-corrected chi connectivity index (χ3v) is 8.41. The van der Waals surface area contributed by atoms with Crippen LogP contribution in [-0.4, -0.2) is 93.3 Å². The number of hydrogen-bond acceptors (Lipinski definition) is 8. The predicted octanol–water partition coefficient (Wildman–Crippen LogP) is 3.42. The standard InChI is InChI=1S/C33H58N4O6/c1-7-11-31(41-6)43-30-13-9-8-12-26(30)32(39)36-22-25(23(2)3)20-28(34)29(38)21-27(24(4)5)33(40)35-14-10-15-37-16-18-42-19-17-37/h8-9,12-13,23-25,27-29,31,38H,7,10-11,14-22,34H2,1-6H3,(H,35,40)(H,36,39)/t25-,27+,28+,29+,31?/m1/s1. The Labute approximate surface area is 259 Å². The molecule has 1 aromatic carbocycles. The van der Waals surface area contributed by atoms with Crippen LogP contribution in [0.4, 0.5) is 0 Å². The number of para-hydroxylation sites is 1. The van der Waals surface area contributed by atoms with E-state index in [9.17, 15) is 14.7 Å². The zero-order valence-electron chi connectivity index (χ0n) is 27.3. The molecule has 246 valence electrons. The van der Waals surface area contributed by atoms with E-state index < -0.39 is 18.4 Å². The van der Waals surface area contributed by atoms with Crippen LogP contribution in [0.3, 0.4) is 0 Å². The molecule has 1 fully saturated rings. The molecule has 2 amide bonds. The van der Waals surface area contributed by atoms with E-state index in [0.29, 0.717) is 37.2 Å². The van der Waals surface area contributed by atoms with E-state index in [2.05, 4.69) is 29.4 Å². The lowest BCUT2D eigenvalue weighted by molar-refractivity contribution is -0.127. The highest BCUT2D eigenvalue weighted by Gasteiger charge is 2.30. The molecule has 1 aliphatic rings. The molecule has 0 aliphatic carbocycles. The van der Waals surface area contributed by atoms with E-state index in [4.69, 9.17) is 19.9 Å². The van der Waals surface area contributed by atoms with Gasteiger partial charge in [-0.2, -0.15) is 0 Å². The number of carbonyl (C=O) groups is 2. The van der Waals surface area contributed by atoms with Crippen molar-refractivity contribution in [1.82, 2.24) is 15.5 Å². The molecule has 1 aromatic rings. The first-order chi connectivity index (χ1) is 20.6. The number of amides is 2. The van der Waals surface area contributed by atoms with Crippen molar-refractivity contribution in [3.05, 3.63) is 29.8 Å². The first kappa shape index (κ1) is 36.9. The van der Waals surface area contributed by atoms with E-state index in [1.165, 1.54) is 0 Å². The lowest BCUT2D eigenvalue weighted by Gasteiger charge is -2.30. The van der Waals surface area contributed by atoms with Gasteiger partial charge < -0.3 is 35.7 Å². The largest absolute Gasteiger partial charge is 0.464 e. The van der Waals surface area contributed by atoms with E-state index in [0.717, 1.165) is 52.1 Å².